The van der Waals surface area contributed by atoms with Crippen LogP contribution in [-0.4, -0.2) is 9.97 Å². The Kier molecular flexibility index (Phi) is 2.11. The largest absolute Gasteiger partial charge is 0.439 e. The van der Waals surface area contributed by atoms with Crippen LogP contribution in [0.1, 0.15) is 5.69 Å². The molecule has 0 fully saturated rings. The van der Waals surface area contributed by atoms with Crippen LogP contribution in [0, 0.1) is 0 Å². The molecule has 0 spiro atoms. The third kappa shape index (κ3) is 1.47. The average Bonchev–Trinajstić information content (AvgIpc) is 2.37. The van der Waals surface area contributed by atoms with E-state index in [1.54, 1.807) is 30.5 Å². The van der Waals surface area contributed by atoms with E-state index in [0.717, 1.165) is 0 Å². The lowest BCUT2D eigenvalue weighted by Crippen LogP contribution is -2.07. The monoisotopic (exact) mass is 230 g/mol. The molecule has 4 nitrogen and oxygen atoms in total. The zero-order valence-electron chi connectivity index (χ0n) is 8.68. The summed E-state index contributed by atoms with van der Waals surface area (Å²) in [5.41, 5.74) is 1.13. The summed E-state index contributed by atoms with van der Waals surface area (Å²) in [5.74, 6) is -0.790. The Morgan fingerprint density at radius 1 is 1.24 bits per heavy atom. The standard InChI is InChI=1S/C12H7FN2O2/c13-6-10-8-3-4-9-7(2-1-5-14-9)11(8)17-12(16)15-10/h1-5H,6H2. The number of alkyl halides is 1. The Morgan fingerprint density at radius 2 is 2.12 bits per heavy atom. The van der Waals surface area contributed by atoms with Gasteiger partial charge in [-0.25, -0.2) is 9.18 Å². The van der Waals surface area contributed by atoms with Gasteiger partial charge in [-0.1, -0.05) is 0 Å². The molecule has 84 valence electrons. The first-order chi connectivity index (χ1) is 8.29. The molecule has 0 aliphatic carbocycles. The van der Waals surface area contributed by atoms with Crippen molar-refractivity contribution in [2.75, 3.05) is 0 Å². The van der Waals surface area contributed by atoms with E-state index in [-0.39, 0.29) is 5.69 Å². The van der Waals surface area contributed by atoms with Crippen LogP contribution in [0.15, 0.2) is 39.7 Å². The normalized spacial score (nSPS) is 11.1. The maximum atomic E-state index is 12.8. The van der Waals surface area contributed by atoms with E-state index >= 15 is 0 Å². The molecule has 0 unspecified atom stereocenters. The van der Waals surface area contributed by atoms with Crippen molar-refractivity contribution in [3.8, 4) is 0 Å². The number of hydrogen-bond acceptors (Lipinski definition) is 4. The number of aromatic nitrogens is 2. The number of pyridine rings is 1. The SMILES string of the molecule is O=c1nc(CF)c2ccc3ncccc3c2o1. The van der Waals surface area contributed by atoms with Crippen LogP contribution in [0.25, 0.3) is 21.9 Å². The number of fused-ring (bicyclic) bond motifs is 3. The lowest BCUT2D eigenvalue weighted by Gasteiger charge is -2.03. The highest BCUT2D eigenvalue weighted by Gasteiger charge is 2.10. The molecule has 3 aromatic rings. The molecule has 17 heavy (non-hydrogen) atoms. The first kappa shape index (κ1) is 9.89. The molecule has 0 N–H and O–H groups in total. The summed E-state index contributed by atoms with van der Waals surface area (Å²) in [5, 5.41) is 1.19. The smallest absolute Gasteiger partial charge is 0.407 e. The van der Waals surface area contributed by atoms with Crippen LogP contribution in [0.3, 0.4) is 0 Å². The predicted octanol–water partition coefficient (Wildman–Crippen LogP) is 2.21. The number of benzene rings is 1. The molecule has 1 aromatic carbocycles. The predicted molar refractivity (Wildman–Crippen MR) is 60.4 cm³/mol. The second kappa shape index (κ2) is 3.62. The van der Waals surface area contributed by atoms with Gasteiger partial charge in [-0.05, 0) is 24.3 Å². The Hall–Kier alpha value is -2.30. The minimum absolute atomic E-state index is 0.0991. The van der Waals surface area contributed by atoms with Gasteiger partial charge in [-0.3, -0.25) is 4.98 Å². The maximum Gasteiger partial charge on any atom is 0.439 e. The Morgan fingerprint density at radius 3 is 2.94 bits per heavy atom. The van der Waals surface area contributed by atoms with Crippen molar-refractivity contribution in [1.29, 1.82) is 0 Å². The van der Waals surface area contributed by atoms with Crippen LogP contribution in [0.2, 0.25) is 0 Å². The topological polar surface area (TPSA) is 56.0 Å². The number of rotatable bonds is 1. The number of halogens is 1. The average molecular weight is 230 g/mol. The van der Waals surface area contributed by atoms with Crippen LogP contribution in [-0.2, 0) is 6.67 Å². The van der Waals surface area contributed by atoms with Gasteiger partial charge in [0.05, 0.1) is 11.2 Å². The van der Waals surface area contributed by atoms with E-state index < -0.39 is 12.4 Å². The molecule has 0 saturated carbocycles. The molecule has 0 saturated heterocycles. The maximum absolute atomic E-state index is 12.8. The zero-order chi connectivity index (χ0) is 11.8. The summed E-state index contributed by atoms with van der Waals surface area (Å²) in [4.78, 5) is 18.9. The van der Waals surface area contributed by atoms with Gasteiger partial charge < -0.3 is 4.42 Å². The van der Waals surface area contributed by atoms with E-state index in [1.807, 2.05) is 0 Å². The minimum Gasteiger partial charge on any atom is -0.407 e. The second-order valence-electron chi connectivity index (χ2n) is 3.57. The van der Waals surface area contributed by atoms with Crippen molar-refractivity contribution in [1.82, 2.24) is 9.97 Å². The molecule has 0 aliphatic rings. The molecular weight excluding hydrogens is 223 g/mol. The Bertz CT molecular complexity index is 767. The molecule has 0 atom stereocenters. The third-order valence-electron chi connectivity index (χ3n) is 2.59. The first-order valence-corrected chi connectivity index (χ1v) is 5.03. The highest BCUT2D eigenvalue weighted by atomic mass is 19.1. The Balaban J connectivity index is 2.58. The lowest BCUT2D eigenvalue weighted by atomic mass is 10.1. The van der Waals surface area contributed by atoms with Gasteiger partial charge in [-0.2, -0.15) is 4.98 Å². The Labute approximate surface area is 94.7 Å². The fourth-order valence-corrected chi connectivity index (χ4v) is 1.84. The summed E-state index contributed by atoms with van der Waals surface area (Å²) in [7, 11) is 0. The van der Waals surface area contributed by atoms with Crippen molar-refractivity contribution >= 4 is 21.9 Å². The van der Waals surface area contributed by atoms with E-state index in [4.69, 9.17) is 4.42 Å². The molecule has 2 heterocycles. The van der Waals surface area contributed by atoms with Gasteiger partial charge in [0.25, 0.3) is 0 Å². The van der Waals surface area contributed by atoms with Crippen LogP contribution in [0.4, 0.5) is 4.39 Å². The fourth-order valence-electron chi connectivity index (χ4n) is 1.84. The van der Waals surface area contributed by atoms with Crippen LogP contribution in [0.5, 0.6) is 0 Å². The molecule has 0 aliphatic heterocycles. The number of hydrogen-bond donors (Lipinski definition) is 0. The van der Waals surface area contributed by atoms with Gasteiger partial charge in [0.1, 0.15) is 6.67 Å². The van der Waals surface area contributed by atoms with Gasteiger partial charge in [-0.15, -0.1) is 0 Å². The highest BCUT2D eigenvalue weighted by molar-refractivity contribution is 6.02. The highest BCUT2D eigenvalue weighted by Crippen LogP contribution is 2.24. The van der Waals surface area contributed by atoms with E-state index in [2.05, 4.69) is 9.97 Å². The number of nitrogens with zero attached hydrogens (tertiary/aromatic N) is 2. The molecule has 3 rings (SSSR count). The van der Waals surface area contributed by atoms with E-state index in [1.165, 1.54) is 0 Å². The summed E-state index contributed by atoms with van der Waals surface area (Å²) in [6.45, 7) is -0.798. The third-order valence-corrected chi connectivity index (χ3v) is 2.59. The van der Waals surface area contributed by atoms with Crippen LogP contribution >= 0.6 is 0 Å². The quantitative estimate of drug-likeness (QED) is 0.601. The lowest BCUT2D eigenvalue weighted by molar-refractivity contribution is 0.461. The summed E-state index contributed by atoms with van der Waals surface area (Å²) in [6, 6.07) is 6.92. The van der Waals surface area contributed by atoms with Crippen molar-refractivity contribution in [2.24, 2.45) is 0 Å². The molecule has 5 heteroatoms. The van der Waals surface area contributed by atoms with Crippen molar-refractivity contribution in [2.45, 2.75) is 6.67 Å². The summed E-state index contributed by atoms with van der Waals surface area (Å²) < 4.78 is 17.8. The molecular formula is C12H7FN2O2. The molecule has 0 amide bonds. The van der Waals surface area contributed by atoms with Gasteiger partial charge in [0.15, 0.2) is 5.58 Å². The minimum atomic E-state index is -0.798. The summed E-state index contributed by atoms with van der Waals surface area (Å²) in [6.07, 6.45) is 1.64. The van der Waals surface area contributed by atoms with Crippen LogP contribution < -0.4 is 5.76 Å². The van der Waals surface area contributed by atoms with Crippen molar-refractivity contribution in [3.05, 3.63) is 46.7 Å². The first-order valence-electron chi connectivity index (χ1n) is 5.03. The molecule has 2 aromatic heterocycles. The van der Waals surface area contributed by atoms with Crippen molar-refractivity contribution in [3.63, 3.8) is 0 Å². The van der Waals surface area contributed by atoms with E-state index in [0.29, 0.717) is 21.9 Å². The summed E-state index contributed by atoms with van der Waals surface area (Å²) >= 11 is 0. The molecule has 0 radical (unpaired) electrons. The van der Waals surface area contributed by atoms with Gasteiger partial charge in [0.2, 0.25) is 0 Å². The zero-order valence-corrected chi connectivity index (χ0v) is 8.68. The van der Waals surface area contributed by atoms with Crippen molar-refractivity contribution < 1.29 is 8.81 Å². The van der Waals surface area contributed by atoms with Gasteiger partial charge >= 0.3 is 5.76 Å². The fraction of sp³-hybridized carbons (Fsp3) is 0.0833. The van der Waals surface area contributed by atoms with E-state index in [9.17, 15) is 9.18 Å². The molecule has 0 bridgehead atoms. The second-order valence-corrected chi connectivity index (χ2v) is 3.57. The van der Waals surface area contributed by atoms with Gasteiger partial charge in [0, 0.05) is 17.0 Å².